The van der Waals surface area contributed by atoms with E-state index in [1.54, 1.807) is 0 Å². The van der Waals surface area contributed by atoms with Crippen molar-refractivity contribution in [2.24, 2.45) is 0 Å². The summed E-state index contributed by atoms with van der Waals surface area (Å²) in [7, 11) is 0. The molecule has 184 valence electrons. The van der Waals surface area contributed by atoms with Crippen molar-refractivity contribution < 1.29 is 9.59 Å². The SMILES string of the molecule is O=C1CCC(N2Cc3cc(CN4C5CCC4CN(c4cccc(Cl)c4Cl)C5)ccc3C2S)C(=O)N1. The second-order valence-corrected chi connectivity index (χ2v) is 11.4. The number of piperidine rings is 1. The molecule has 2 aromatic rings. The Balaban J connectivity index is 1.16. The van der Waals surface area contributed by atoms with E-state index < -0.39 is 0 Å². The largest absolute Gasteiger partial charge is 0.367 e. The lowest BCUT2D eigenvalue weighted by molar-refractivity contribution is -0.137. The number of rotatable bonds is 4. The standard InChI is InChI=1S/C26H28Cl2N4O2S/c27-20-2-1-3-21(24(20)28)30-13-17-5-6-18(14-30)31(17)11-15-4-7-19-16(10-15)12-32(26(19)35)22-8-9-23(33)29-25(22)34/h1-4,7,10,17-18,22,26,35H,5-6,8-9,11-14H2,(H,29,33,34). The van der Waals surface area contributed by atoms with Crippen molar-refractivity contribution in [1.82, 2.24) is 15.1 Å². The summed E-state index contributed by atoms with van der Waals surface area (Å²) in [5.41, 5.74) is 4.70. The summed E-state index contributed by atoms with van der Waals surface area (Å²) < 4.78 is 0. The zero-order valence-electron chi connectivity index (χ0n) is 19.3. The summed E-state index contributed by atoms with van der Waals surface area (Å²) in [6.07, 6.45) is 3.30. The van der Waals surface area contributed by atoms with Gasteiger partial charge in [-0.3, -0.25) is 24.7 Å². The third-order valence-electron chi connectivity index (χ3n) is 8.03. The number of imide groups is 1. The number of nitrogens with one attached hydrogen (secondary N) is 1. The van der Waals surface area contributed by atoms with Crippen LogP contribution in [-0.2, 0) is 22.7 Å². The van der Waals surface area contributed by atoms with E-state index in [-0.39, 0.29) is 23.2 Å². The maximum atomic E-state index is 12.4. The molecule has 4 atom stereocenters. The van der Waals surface area contributed by atoms with E-state index in [0.717, 1.165) is 30.9 Å². The van der Waals surface area contributed by atoms with E-state index >= 15 is 0 Å². The van der Waals surface area contributed by atoms with Crippen molar-refractivity contribution in [3.63, 3.8) is 0 Å². The normalized spacial score (nSPS) is 28.9. The number of thiol groups is 1. The summed E-state index contributed by atoms with van der Waals surface area (Å²) in [6.45, 7) is 3.49. The quantitative estimate of drug-likeness (QED) is 0.453. The molecule has 0 saturated carbocycles. The molecule has 9 heteroatoms. The molecule has 1 N–H and O–H groups in total. The number of carbonyl (C=O) groups excluding carboxylic acids is 2. The molecule has 3 saturated heterocycles. The van der Waals surface area contributed by atoms with Crippen molar-refractivity contribution in [2.45, 2.75) is 62.3 Å². The Morgan fingerprint density at radius 2 is 1.80 bits per heavy atom. The van der Waals surface area contributed by atoms with E-state index in [2.05, 4.69) is 44.3 Å². The molecule has 0 aromatic heterocycles. The molecule has 4 unspecified atom stereocenters. The van der Waals surface area contributed by atoms with Crippen LogP contribution in [-0.4, -0.2) is 52.8 Å². The Morgan fingerprint density at radius 3 is 2.54 bits per heavy atom. The third-order valence-corrected chi connectivity index (χ3v) is 9.42. The molecular weight excluding hydrogens is 503 g/mol. The molecule has 2 aromatic carbocycles. The van der Waals surface area contributed by atoms with E-state index in [4.69, 9.17) is 35.8 Å². The fourth-order valence-corrected chi connectivity index (χ4v) is 7.19. The van der Waals surface area contributed by atoms with Crippen LogP contribution in [0.15, 0.2) is 36.4 Å². The van der Waals surface area contributed by atoms with Gasteiger partial charge >= 0.3 is 0 Å². The molecule has 0 spiro atoms. The summed E-state index contributed by atoms with van der Waals surface area (Å²) in [4.78, 5) is 31.1. The number of fused-ring (bicyclic) bond motifs is 3. The van der Waals surface area contributed by atoms with Gasteiger partial charge in [-0.2, -0.15) is 12.6 Å². The topological polar surface area (TPSA) is 55.9 Å². The Labute approximate surface area is 220 Å². The number of hydrogen-bond acceptors (Lipinski definition) is 6. The zero-order chi connectivity index (χ0) is 24.3. The number of anilines is 1. The Morgan fingerprint density at radius 1 is 1.03 bits per heavy atom. The highest BCUT2D eigenvalue weighted by Crippen LogP contribution is 2.41. The summed E-state index contributed by atoms with van der Waals surface area (Å²) >= 11 is 17.6. The van der Waals surface area contributed by atoms with Crippen LogP contribution in [0.2, 0.25) is 10.0 Å². The van der Waals surface area contributed by atoms with Crippen molar-refractivity contribution in [2.75, 3.05) is 18.0 Å². The monoisotopic (exact) mass is 530 g/mol. The zero-order valence-corrected chi connectivity index (χ0v) is 21.7. The first kappa shape index (κ1) is 23.6. The lowest BCUT2D eigenvalue weighted by Gasteiger charge is -2.42. The molecule has 6 rings (SSSR count). The van der Waals surface area contributed by atoms with E-state index in [1.807, 2.05) is 12.1 Å². The van der Waals surface area contributed by atoms with Gasteiger partial charge in [-0.15, -0.1) is 0 Å². The van der Waals surface area contributed by atoms with Crippen LogP contribution in [0.25, 0.3) is 0 Å². The van der Waals surface area contributed by atoms with Crippen LogP contribution >= 0.6 is 35.8 Å². The number of halogens is 2. The lowest BCUT2D eigenvalue weighted by atomic mass is 10.0. The molecule has 4 heterocycles. The van der Waals surface area contributed by atoms with Crippen molar-refractivity contribution in [3.05, 3.63) is 63.1 Å². The van der Waals surface area contributed by atoms with Crippen molar-refractivity contribution in [1.29, 1.82) is 0 Å². The summed E-state index contributed by atoms with van der Waals surface area (Å²) in [6, 6.07) is 13.2. The minimum Gasteiger partial charge on any atom is -0.367 e. The highest BCUT2D eigenvalue weighted by Gasteiger charge is 2.41. The fraction of sp³-hybridized carbons (Fsp3) is 0.462. The second-order valence-electron chi connectivity index (χ2n) is 10.1. The summed E-state index contributed by atoms with van der Waals surface area (Å²) in [5, 5.41) is 3.59. The minimum absolute atomic E-state index is 0.134. The van der Waals surface area contributed by atoms with Gasteiger partial charge in [0.15, 0.2) is 0 Å². The van der Waals surface area contributed by atoms with Crippen molar-refractivity contribution >= 4 is 53.3 Å². The van der Waals surface area contributed by atoms with Gasteiger partial charge in [0.05, 0.1) is 27.1 Å². The average Bonchev–Trinajstić information content (AvgIpc) is 3.26. The van der Waals surface area contributed by atoms with Gasteiger partial charge < -0.3 is 4.90 Å². The molecule has 3 fully saturated rings. The van der Waals surface area contributed by atoms with E-state index in [1.165, 1.54) is 24.0 Å². The molecule has 0 aliphatic carbocycles. The molecule has 0 radical (unpaired) electrons. The Kier molecular flexibility index (Phi) is 6.26. The smallest absolute Gasteiger partial charge is 0.243 e. The number of carbonyl (C=O) groups is 2. The molecule has 35 heavy (non-hydrogen) atoms. The van der Waals surface area contributed by atoms with Crippen molar-refractivity contribution in [3.8, 4) is 0 Å². The number of hydrogen-bond donors (Lipinski definition) is 2. The van der Waals surface area contributed by atoms with E-state index in [0.29, 0.717) is 41.5 Å². The average molecular weight is 532 g/mol. The highest BCUT2D eigenvalue weighted by molar-refractivity contribution is 7.80. The summed E-state index contributed by atoms with van der Waals surface area (Å²) in [5.74, 6) is -0.393. The van der Waals surface area contributed by atoms with Crippen LogP contribution in [0, 0.1) is 0 Å². The second kappa shape index (κ2) is 9.27. The van der Waals surface area contributed by atoms with Crippen LogP contribution in [0.1, 0.15) is 47.7 Å². The molecule has 2 amide bonds. The highest BCUT2D eigenvalue weighted by atomic mass is 35.5. The van der Waals surface area contributed by atoms with Gasteiger partial charge in [-0.1, -0.05) is 47.5 Å². The van der Waals surface area contributed by atoms with Crippen LogP contribution in [0.4, 0.5) is 5.69 Å². The minimum atomic E-state index is -0.312. The van der Waals surface area contributed by atoms with E-state index in [9.17, 15) is 9.59 Å². The Hall–Kier alpha value is -1.77. The third kappa shape index (κ3) is 4.25. The predicted molar refractivity (Wildman–Crippen MR) is 141 cm³/mol. The van der Waals surface area contributed by atoms with Crippen LogP contribution < -0.4 is 10.2 Å². The van der Waals surface area contributed by atoms with Gasteiger partial charge in [-0.25, -0.2) is 0 Å². The van der Waals surface area contributed by atoms with Gasteiger partial charge in [0.25, 0.3) is 0 Å². The number of amides is 2. The number of benzene rings is 2. The molecule has 4 aliphatic rings. The first-order chi connectivity index (χ1) is 16.9. The molecule has 2 bridgehead atoms. The van der Waals surface area contributed by atoms with Gasteiger partial charge in [0.1, 0.15) is 0 Å². The lowest BCUT2D eigenvalue weighted by Crippen LogP contribution is -2.53. The molecule has 4 aliphatic heterocycles. The molecular formula is C26H28Cl2N4O2S. The molecule has 6 nitrogen and oxygen atoms in total. The number of nitrogens with zero attached hydrogens (tertiary/aromatic N) is 3. The van der Waals surface area contributed by atoms with Gasteiger partial charge in [0, 0.05) is 44.7 Å². The first-order valence-electron chi connectivity index (χ1n) is 12.2. The number of piperazine rings is 1. The predicted octanol–water partition coefficient (Wildman–Crippen LogP) is 4.40. The van der Waals surface area contributed by atoms with Crippen LogP contribution in [0.3, 0.4) is 0 Å². The Bertz CT molecular complexity index is 1180. The van der Waals surface area contributed by atoms with Gasteiger partial charge in [-0.05, 0) is 48.1 Å². The van der Waals surface area contributed by atoms with Gasteiger partial charge in [0.2, 0.25) is 11.8 Å². The van der Waals surface area contributed by atoms with Crippen LogP contribution in [0.5, 0.6) is 0 Å². The fourth-order valence-electron chi connectivity index (χ4n) is 6.28. The first-order valence-corrected chi connectivity index (χ1v) is 13.5. The maximum absolute atomic E-state index is 12.4. The maximum Gasteiger partial charge on any atom is 0.243 e.